The number of barbiturate groups is 1. The summed E-state index contributed by atoms with van der Waals surface area (Å²) in [7, 11) is 1.45. The standard InChI is InChI=1S/C36H32ClN3O5/c1-44-31-15-21(14-30(37)32(31)45-20-26-5-3-2-4-25(26)19-38)13-29-33(41)39-35(43)40(34(29)42)28-8-6-27(7-9-28)36-16-22-10-23(17-36)12-24(11-22)18-36/h2-9,13-15,22-24H,10-12,16-18,20H2,1H3,(H,39,41,43)/b29-13+. The van der Waals surface area contributed by atoms with Crippen molar-refractivity contribution in [3.63, 3.8) is 0 Å². The van der Waals surface area contributed by atoms with Crippen LogP contribution in [0.5, 0.6) is 11.5 Å². The minimum Gasteiger partial charge on any atom is -0.493 e. The quantitative estimate of drug-likeness (QED) is 0.226. The molecule has 4 aliphatic carbocycles. The molecule has 5 aliphatic rings. The molecule has 8 rings (SSSR count). The highest BCUT2D eigenvalue weighted by Crippen LogP contribution is 2.60. The summed E-state index contributed by atoms with van der Waals surface area (Å²) in [6.45, 7) is 0.0832. The molecule has 0 radical (unpaired) electrons. The number of carbonyl (C=O) groups excluding carboxylic acids is 3. The SMILES string of the molecule is COc1cc(/C=C2\C(=O)NC(=O)N(c3ccc(C45CC6CC(CC(C6)C4)C5)cc3)C2=O)cc(Cl)c1OCc1ccccc1C#N. The third kappa shape index (κ3) is 5.25. The number of nitrogens with one attached hydrogen (secondary N) is 1. The molecule has 3 aromatic rings. The summed E-state index contributed by atoms with van der Waals surface area (Å²) in [5.74, 6) is 1.42. The lowest BCUT2D eigenvalue weighted by molar-refractivity contribution is -0.122. The molecule has 8 nitrogen and oxygen atoms in total. The molecule has 9 heteroatoms. The van der Waals surface area contributed by atoms with Gasteiger partial charge in [-0.25, -0.2) is 9.69 Å². The minimum atomic E-state index is -0.796. The van der Waals surface area contributed by atoms with Crippen LogP contribution in [0.15, 0.2) is 66.2 Å². The molecule has 5 fully saturated rings. The van der Waals surface area contributed by atoms with Crippen LogP contribution in [0.2, 0.25) is 5.02 Å². The highest BCUT2D eigenvalue weighted by Gasteiger charge is 2.51. The molecule has 4 amide bonds. The van der Waals surface area contributed by atoms with Crippen LogP contribution in [-0.2, 0) is 21.6 Å². The van der Waals surface area contributed by atoms with E-state index >= 15 is 0 Å². The molecular weight excluding hydrogens is 590 g/mol. The third-order valence-corrected chi connectivity index (χ3v) is 10.2. The van der Waals surface area contributed by atoms with Crippen LogP contribution in [0.3, 0.4) is 0 Å². The average Bonchev–Trinajstić information content (AvgIpc) is 3.02. The molecule has 0 atom stereocenters. The van der Waals surface area contributed by atoms with Gasteiger partial charge in [0.15, 0.2) is 11.5 Å². The Hall–Kier alpha value is -4.61. The maximum Gasteiger partial charge on any atom is 0.335 e. The van der Waals surface area contributed by atoms with Crippen LogP contribution in [0, 0.1) is 29.1 Å². The number of halogens is 1. The van der Waals surface area contributed by atoms with Crippen LogP contribution in [0.25, 0.3) is 6.08 Å². The van der Waals surface area contributed by atoms with Crippen LogP contribution in [-0.4, -0.2) is 25.0 Å². The molecule has 3 aromatic carbocycles. The number of ether oxygens (including phenoxy) is 2. The molecule has 0 spiro atoms. The number of hydrogen-bond donors (Lipinski definition) is 1. The van der Waals surface area contributed by atoms with E-state index in [1.165, 1.54) is 57.3 Å². The Kier molecular flexibility index (Phi) is 7.37. The van der Waals surface area contributed by atoms with Gasteiger partial charge in [-0.3, -0.25) is 14.9 Å². The Balaban J connectivity index is 1.13. The van der Waals surface area contributed by atoms with Gasteiger partial charge >= 0.3 is 6.03 Å². The van der Waals surface area contributed by atoms with Gasteiger partial charge in [0.2, 0.25) is 0 Å². The van der Waals surface area contributed by atoms with Crippen molar-refractivity contribution in [2.75, 3.05) is 12.0 Å². The lowest BCUT2D eigenvalue weighted by Gasteiger charge is -2.57. The van der Waals surface area contributed by atoms with E-state index in [9.17, 15) is 19.6 Å². The number of amides is 4. The number of benzene rings is 3. The largest absolute Gasteiger partial charge is 0.493 e. The van der Waals surface area contributed by atoms with Crippen LogP contribution in [0.1, 0.15) is 60.8 Å². The van der Waals surface area contributed by atoms with Gasteiger partial charge in [0.25, 0.3) is 11.8 Å². The number of carbonyl (C=O) groups is 3. The van der Waals surface area contributed by atoms with Crippen molar-refractivity contribution in [3.8, 4) is 17.6 Å². The van der Waals surface area contributed by atoms with E-state index in [2.05, 4.69) is 23.5 Å². The molecule has 4 bridgehead atoms. The second-order valence-electron chi connectivity index (χ2n) is 12.8. The van der Waals surface area contributed by atoms with Gasteiger partial charge in [-0.1, -0.05) is 41.9 Å². The maximum absolute atomic E-state index is 13.6. The predicted octanol–water partition coefficient (Wildman–Crippen LogP) is 6.93. The van der Waals surface area contributed by atoms with Crippen molar-refractivity contribution < 1.29 is 23.9 Å². The zero-order valence-corrected chi connectivity index (χ0v) is 25.6. The number of nitrogens with zero attached hydrogens (tertiary/aromatic N) is 2. The Morgan fingerprint density at radius 3 is 2.31 bits per heavy atom. The first kappa shape index (κ1) is 29.1. The average molecular weight is 622 g/mol. The van der Waals surface area contributed by atoms with Crippen LogP contribution >= 0.6 is 11.6 Å². The maximum atomic E-state index is 13.6. The van der Waals surface area contributed by atoms with Gasteiger partial charge < -0.3 is 9.47 Å². The van der Waals surface area contributed by atoms with Crippen molar-refractivity contribution in [1.82, 2.24) is 5.32 Å². The monoisotopic (exact) mass is 621 g/mol. The van der Waals surface area contributed by atoms with Crippen molar-refractivity contribution in [1.29, 1.82) is 5.26 Å². The fraction of sp³-hybridized carbons (Fsp3) is 0.333. The Bertz CT molecular complexity index is 1760. The molecule has 1 N–H and O–H groups in total. The van der Waals surface area contributed by atoms with Crippen LogP contribution in [0.4, 0.5) is 10.5 Å². The van der Waals surface area contributed by atoms with E-state index in [-0.39, 0.29) is 34.1 Å². The van der Waals surface area contributed by atoms with E-state index in [0.29, 0.717) is 22.4 Å². The zero-order chi connectivity index (χ0) is 31.3. The van der Waals surface area contributed by atoms with Crippen molar-refractivity contribution >= 4 is 41.2 Å². The van der Waals surface area contributed by atoms with Crippen LogP contribution < -0.4 is 19.7 Å². The van der Waals surface area contributed by atoms with Gasteiger partial charge in [0.1, 0.15) is 12.2 Å². The minimum absolute atomic E-state index is 0.0832. The summed E-state index contributed by atoms with van der Waals surface area (Å²) in [5.41, 5.74) is 3.24. The highest BCUT2D eigenvalue weighted by atomic mass is 35.5. The van der Waals surface area contributed by atoms with Gasteiger partial charge in [-0.15, -0.1) is 0 Å². The topological polar surface area (TPSA) is 109 Å². The lowest BCUT2D eigenvalue weighted by atomic mass is 9.48. The number of hydrogen-bond acceptors (Lipinski definition) is 6. The second-order valence-corrected chi connectivity index (χ2v) is 13.2. The summed E-state index contributed by atoms with van der Waals surface area (Å²) in [6, 6.07) is 19.3. The molecule has 1 heterocycles. The smallest absolute Gasteiger partial charge is 0.335 e. The van der Waals surface area contributed by atoms with E-state index in [4.69, 9.17) is 21.1 Å². The summed E-state index contributed by atoms with van der Waals surface area (Å²) in [5, 5.41) is 11.9. The summed E-state index contributed by atoms with van der Waals surface area (Å²) in [4.78, 5) is 40.4. The number of rotatable bonds is 7. The van der Waals surface area contributed by atoms with Gasteiger partial charge in [0, 0.05) is 5.56 Å². The predicted molar refractivity (Wildman–Crippen MR) is 169 cm³/mol. The molecule has 228 valence electrons. The van der Waals surface area contributed by atoms with Gasteiger partial charge in [0.05, 0.1) is 29.5 Å². The zero-order valence-electron chi connectivity index (χ0n) is 24.8. The molecule has 1 saturated heterocycles. The summed E-state index contributed by atoms with van der Waals surface area (Å²) >= 11 is 6.57. The molecule has 45 heavy (non-hydrogen) atoms. The first-order chi connectivity index (χ1) is 21.8. The van der Waals surface area contributed by atoms with E-state index in [1.807, 2.05) is 18.2 Å². The van der Waals surface area contributed by atoms with Crippen molar-refractivity contribution in [3.05, 3.63) is 93.5 Å². The summed E-state index contributed by atoms with van der Waals surface area (Å²) in [6.07, 6.45) is 9.08. The van der Waals surface area contributed by atoms with Gasteiger partial charge in [-0.05, 0) is 109 Å². The fourth-order valence-electron chi connectivity index (χ4n) is 8.36. The van der Waals surface area contributed by atoms with E-state index < -0.39 is 17.8 Å². The normalized spacial score (nSPS) is 26.2. The van der Waals surface area contributed by atoms with Gasteiger partial charge in [-0.2, -0.15) is 5.26 Å². The highest BCUT2D eigenvalue weighted by molar-refractivity contribution is 6.39. The van der Waals surface area contributed by atoms with E-state index in [1.54, 1.807) is 30.3 Å². The Labute approximate surface area is 266 Å². The number of urea groups is 1. The first-order valence-corrected chi connectivity index (χ1v) is 15.6. The van der Waals surface area contributed by atoms with Crippen molar-refractivity contribution in [2.45, 2.75) is 50.5 Å². The number of imide groups is 2. The number of anilines is 1. The Morgan fingerprint density at radius 2 is 1.67 bits per heavy atom. The molecule has 0 unspecified atom stereocenters. The number of nitriles is 1. The first-order valence-electron chi connectivity index (χ1n) is 15.3. The molecule has 0 aromatic heterocycles. The lowest BCUT2D eigenvalue weighted by Crippen LogP contribution is -2.54. The third-order valence-electron chi connectivity index (χ3n) is 9.95. The van der Waals surface area contributed by atoms with E-state index in [0.717, 1.165) is 22.7 Å². The van der Waals surface area contributed by atoms with Crippen molar-refractivity contribution in [2.24, 2.45) is 17.8 Å². The molecule has 4 saturated carbocycles. The fourth-order valence-corrected chi connectivity index (χ4v) is 8.63. The molecular formula is C36H32ClN3O5. The summed E-state index contributed by atoms with van der Waals surface area (Å²) < 4.78 is 11.4. The Morgan fingerprint density at radius 1 is 1.00 bits per heavy atom. The number of methoxy groups -OCH3 is 1. The molecule has 1 aliphatic heterocycles. The second kappa shape index (κ2) is 11.4.